The van der Waals surface area contributed by atoms with Crippen molar-refractivity contribution >= 4 is 22.3 Å². The highest BCUT2D eigenvalue weighted by Crippen LogP contribution is 2.26. The second kappa shape index (κ2) is 5.33. The third kappa shape index (κ3) is 2.50. The molecule has 20 heavy (non-hydrogen) atoms. The van der Waals surface area contributed by atoms with Crippen LogP contribution in [0.3, 0.4) is 0 Å². The number of anilines is 2. The summed E-state index contributed by atoms with van der Waals surface area (Å²) < 4.78 is 0. The summed E-state index contributed by atoms with van der Waals surface area (Å²) in [5.74, 6) is 0. The third-order valence-electron chi connectivity index (χ3n) is 3.54. The highest BCUT2D eigenvalue weighted by Gasteiger charge is 2.03. The van der Waals surface area contributed by atoms with Gasteiger partial charge in [0.05, 0.1) is 5.52 Å². The second-order valence-corrected chi connectivity index (χ2v) is 5.05. The molecule has 0 aliphatic rings. The van der Waals surface area contributed by atoms with Gasteiger partial charge in [-0.15, -0.1) is 0 Å². The Bertz CT molecular complexity index is 730. The smallest absolute Gasteiger partial charge is 0.0723 e. The molecule has 0 aliphatic heterocycles. The first-order valence-corrected chi connectivity index (χ1v) is 6.97. The number of rotatable bonds is 3. The molecule has 0 unspecified atom stereocenters. The topological polar surface area (TPSA) is 24.9 Å². The maximum atomic E-state index is 4.43. The van der Waals surface area contributed by atoms with E-state index >= 15 is 0 Å². The maximum Gasteiger partial charge on any atom is 0.0723 e. The molecule has 2 heteroatoms. The van der Waals surface area contributed by atoms with Crippen LogP contribution < -0.4 is 5.32 Å². The van der Waals surface area contributed by atoms with Gasteiger partial charge in [-0.1, -0.05) is 30.7 Å². The summed E-state index contributed by atoms with van der Waals surface area (Å²) in [7, 11) is 0. The molecule has 3 rings (SSSR count). The van der Waals surface area contributed by atoms with Gasteiger partial charge in [-0.2, -0.15) is 0 Å². The molecule has 2 aromatic carbocycles. The highest BCUT2D eigenvalue weighted by atomic mass is 14.9. The molecule has 100 valence electrons. The van der Waals surface area contributed by atoms with Crippen LogP contribution in [-0.2, 0) is 6.42 Å². The molecule has 3 aromatic rings. The number of aryl methyl sites for hydroxylation is 2. The zero-order chi connectivity index (χ0) is 13.9. The standard InChI is InChI=1S/C18H18N2/c1-3-14-6-9-17-16(12-14)18(10-11-19-17)20-15-7-4-13(2)5-8-15/h4-12H,3H2,1-2H3,(H,19,20). The number of fused-ring (bicyclic) bond motifs is 1. The Labute approximate surface area is 119 Å². The molecule has 0 fully saturated rings. The Morgan fingerprint density at radius 2 is 1.80 bits per heavy atom. The quantitative estimate of drug-likeness (QED) is 0.730. The molecular formula is C18H18N2. The van der Waals surface area contributed by atoms with Crippen molar-refractivity contribution in [1.82, 2.24) is 4.98 Å². The van der Waals surface area contributed by atoms with Gasteiger partial charge in [-0.3, -0.25) is 4.98 Å². The van der Waals surface area contributed by atoms with Crippen molar-refractivity contribution in [3.8, 4) is 0 Å². The van der Waals surface area contributed by atoms with Gasteiger partial charge in [0.1, 0.15) is 0 Å². The third-order valence-corrected chi connectivity index (χ3v) is 3.54. The normalized spacial score (nSPS) is 10.7. The molecule has 0 aliphatic carbocycles. The van der Waals surface area contributed by atoms with E-state index in [-0.39, 0.29) is 0 Å². The van der Waals surface area contributed by atoms with E-state index in [0.717, 1.165) is 23.3 Å². The Hall–Kier alpha value is -2.35. The lowest BCUT2D eigenvalue weighted by Gasteiger charge is -2.10. The van der Waals surface area contributed by atoms with E-state index in [1.807, 2.05) is 12.3 Å². The summed E-state index contributed by atoms with van der Waals surface area (Å²) in [5.41, 5.74) is 5.83. The molecule has 0 saturated carbocycles. The van der Waals surface area contributed by atoms with E-state index < -0.39 is 0 Å². The van der Waals surface area contributed by atoms with Crippen LogP contribution in [0.1, 0.15) is 18.1 Å². The first-order chi connectivity index (χ1) is 9.76. The highest BCUT2D eigenvalue weighted by molar-refractivity contribution is 5.93. The molecule has 1 N–H and O–H groups in total. The minimum absolute atomic E-state index is 1.03. The van der Waals surface area contributed by atoms with Crippen LogP contribution in [-0.4, -0.2) is 4.98 Å². The number of aromatic nitrogens is 1. The summed E-state index contributed by atoms with van der Waals surface area (Å²) in [6.07, 6.45) is 2.89. The lowest BCUT2D eigenvalue weighted by molar-refractivity contribution is 1.14. The molecule has 0 amide bonds. The summed E-state index contributed by atoms with van der Waals surface area (Å²) in [4.78, 5) is 4.43. The second-order valence-electron chi connectivity index (χ2n) is 5.05. The molecule has 0 spiro atoms. The first-order valence-electron chi connectivity index (χ1n) is 6.97. The van der Waals surface area contributed by atoms with Crippen LogP contribution in [0.25, 0.3) is 10.9 Å². The number of nitrogens with zero attached hydrogens (tertiary/aromatic N) is 1. The minimum atomic E-state index is 1.03. The SMILES string of the molecule is CCc1ccc2nccc(Nc3ccc(C)cc3)c2c1. The number of hydrogen-bond acceptors (Lipinski definition) is 2. The van der Waals surface area contributed by atoms with Crippen LogP contribution in [0, 0.1) is 6.92 Å². The molecule has 0 bridgehead atoms. The molecule has 1 aromatic heterocycles. The Morgan fingerprint density at radius 3 is 2.55 bits per heavy atom. The van der Waals surface area contributed by atoms with E-state index in [1.165, 1.54) is 16.5 Å². The molecule has 2 nitrogen and oxygen atoms in total. The molecular weight excluding hydrogens is 244 g/mol. The largest absolute Gasteiger partial charge is 0.355 e. The summed E-state index contributed by atoms with van der Waals surface area (Å²) in [5, 5.41) is 4.66. The van der Waals surface area contributed by atoms with Crippen molar-refractivity contribution in [1.29, 1.82) is 0 Å². The lowest BCUT2D eigenvalue weighted by Crippen LogP contribution is -1.93. The van der Waals surface area contributed by atoms with Gasteiger partial charge in [-0.05, 0) is 49.2 Å². The van der Waals surface area contributed by atoms with E-state index in [0.29, 0.717) is 0 Å². The van der Waals surface area contributed by atoms with Crippen molar-refractivity contribution in [2.45, 2.75) is 20.3 Å². The van der Waals surface area contributed by atoms with Crippen molar-refractivity contribution in [3.05, 3.63) is 65.9 Å². The van der Waals surface area contributed by atoms with E-state index in [9.17, 15) is 0 Å². The molecule has 0 radical (unpaired) electrons. The molecule has 0 atom stereocenters. The van der Waals surface area contributed by atoms with Crippen molar-refractivity contribution in [2.24, 2.45) is 0 Å². The van der Waals surface area contributed by atoms with Crippen LogP contribution in [0.2, 0.25) is 0 Å². The van der Waals surface area contributed by atoms with Crippen LogP contribution in [0.15, 0.2) is 54.7 Å². The number of pyridine rings is 1. The van der Waals surface area contributed by atoms with Gasteiger partial charge in [0.2, 0.25) is 0 Å². The maximum absolute atomic E-state index is 4.43. The number of nitrogens with one attached hydrogen (secondary N) is 1. The lowest BCUT2D eigenvalue weighted by atomic mass is 10.1. The minimum Gasteiger partial charge on any atom is -0.355 e. The summed E-state index contributed by atoms with van der Waals surface area (Å²) in [6, 6.07) is 16.9. The zero-order valence-electron chi connectivity index (χ0n) is 11.9. The van der Waals surface area contributed by atoms with Gasteiger partial charge in [0, 0.05) is 23.0 Å². The van der Waals surface area contributed by atoms with Crippen molar-refractivity contribution < 1.29 is 0 Å². The van der Waals surface area contributed by atoms with Crippen molar-refractivity contribution in [2.75, 3.05) is 5.32 Å². The summed E-state index contributed by atoms with van der Waals surface area (Å²) in [6.45, 7) is 4.27. The average Bonchev–Trinajstić information content (AvgIpc) is 2.49. The predicted molar refractivity (Wildman–Crippen MR) is 85.6 cm³/mol. The monoisotopic (exact) mass is 262 g/mol. The van der Waals surface area contributed by atoms with E-state index in [1.54, 1.807) is 0 Å². The van der Waals surface area contributed by atoms with Crippen LogP contribution in [0.4, 0.5) is 11.4 Å². The van der Waals surface area contributed by atoms with Gasteiger partial charge in [-0.25, -0.2) is 0 Å². The Kier molecular flexibility index (Phi) is 3.38. The van der Waals surface area contributed by atoms with Gasteiger partial charge in [0.15, 0.2) is 0 Å². The van der Waals surface area contributed by atoms with Crippen LogP contribution >= 0.6 is 0 Å². The Balaban J connectivity index is 2.04. The zero-order valence-corrected chi connectivity index (χ0v) is 11.9. The average molecular weight is 262 g/mol. The number of hydrogen-bond donors (Lipinski definition) is 1. The van der Waals surface area contributed by atoms with Gasteiger partial charge in [0.25, 0.3) is 0 Å². The predicted octanol–water partition coefficient (Wildman–Crippen LogP) is 4.85. The molecule has 0 saturated heterocycles. The summed E-state index contributed by atoms with van der Waals surface area (Å²) >= 11 is 0. The fourth-order valence-corrected chi connectivity index (χ4v) is 2.31. The first kappa shape index (κ1) is 12.7. The van der Waals surface area contributed by atoms with E-state index in [4.69, 9.17) is 0 Å². The Morgan fingerprint density at radius 1 is 1.00 bits per heavy atom. The number of benzene rings is 2. The van der Waals surface area contributed by atoms with Crippen LogP contribution in [0.5, 0.6) is 0 Å². The van der Waals surface area contributed by atoms with Gasteiger partial charge >= 0.3 is 0 Å². The molecule has 1 heterocycles. The fraction of sp³-hybridized carbons (Fsp3) is 0.167. The van der Waals surface area contributed by atoms with Gasteiger partial charge < -0.3 is 5.32 Å². The van der Waals surface area contributed by atoms with E-state index in [2.05, 4.69) is 66.6 Å². The van der Waals surface area contributed by atoms with Crippen molar-refractivity contribution in [3.63, 3.8) is 0 Å². The fourth-order valence-electron chi connectivity index (χ4n) is 2.31.